The number of aromatic nitrogens is 2. The van der Waals surface area contributed by atoms with Crippen molar-refractivity contribution in [2.75, 3.05) is 30.7 Å². The van der Waals surface area contributed by atoms with E-state index in [0.29, 0.717) is 11.6 Å². The van der Waals surface area contributed by atoms with Gasteiger partial charge in [-0.15, -0.1) is 22.6 Å². The molecular weight excluding hydrogens is 388 g/mol. The van der Waals surface area contributed by atoms with Gasteiger partial charge in [-0.1, -0.05) is 59.9 Å². The summed E-state index contributed by atoms with van der Waals surface area (Å²) in [7, 11) is 0. The minimum Gasteiger partial charge on any atom is -0.303 e. The molecule has 2 aromatic rings. The lowest BCUT2D eigenvalue weighted by atomic mass is 10.1. The van der Waals surface area contributed by atoms with E-state index in [4.69, 9.17) is 0 Å². The zero-order chi connectivity index (χ0) is 17.3. The number of carbonyl (C=O) groups excluding carboxylic acids is 1. The van der Waals surface area contributed by atoms with Crippen LogP contribution >= 0.6 is 35.5 Å². The van der Waals surface area contributed by atoms with Gasteiger partial charge >= 0.3 is 0 Å². The van der Waals surface area contributed by atoms with E-state index in [2.05, 4.69) is 20.4 Å². The number of hydrogen-bond donors (Lipinski definition) is 1. The normalized spacial score (nSPS) is 14.6. The Hall–Kier alpha value is -1.15. The van der Waals surface area contributed by atoms with Gasteiger partial charge in [0.15, 0.2) is 4.34 Å². The molecule has 1 aromatic carbocycles. The van der Waals surface area contributed by atoms with E-state index in [1.54, 1.807) is 11.8 Å². The van der Waals surface area contributed by atoms with Crippen molar-refractivity contribution >= 4 is 46.5 Å². The van der Waals surface area contributed by atoms with Crippen molar-refractivity contribution in [3.05, 3.63) is 35.9 Å². The fraction of sp³-hybridized carbons (Fsp3) is 0.500. The predicted octanol–water partition coefficient (Wildman–Crippen LogP) is 4.11. The number of anilines is 1. The van der Waals surface area contributed by atoms with Crippen molar-refractivity contribution < 1.29 is 4.79 Å². The molecule has 1 aliphatic heterocycles. The largest absolute Gasteiger partial charge is 0.303 e. The van der Waals surface area contributed by atoms with E-state index in [-0.39, 0.29) is 18.3 Å². The van der Waals surface area contributed by atoms with Gasteiger partial charge in [-0.2, -0.15) is 0 Å². The standard InChI is InChI=1S/C18H24N4OS2.ClH/c23-16(10-9-15-7-3-1-4-8-15)19-17-20-21-18(25-17)24-14-13-22-11-5-2-6-12-22;/h1,3-4,7-8H,2,5-6,9-14H2,(H,19,20,23);1H. The van der Waals surface area contributed by atoms with Crippen LogP contribution in [-0.4, -0.2) is 46.4 Å². The van der Waals surface area contributed by atoms with Crippen LogP contribution in [0.25, 0.3) is 0 Å². The number of thioether (sulfide) groups is 1. The number of carbonyl (C=O) groups is 1. The molecule has 1 fully saturated rings. The highest BCUT2D eigenvalue weighted by molar-refractivity contribution is 8.01. The Bertz CT molecular complexity index is 662. The summed E-state index contributed by atoms with van der Waals surface area (Å²) in [5.41, 5.74) is 1.17. The lowest BCUT2D eigenvalue weighted by molar-refractivity contribution is -0.116. The molecule has 1 saturated heterocycles. The van der Waals surface area contributed by atoms with Gasteiger partial charge in [0, 0.05) is 18.7 Å². The Morgan fingerprint density at radius 3 is 2.69 bits per heavy atom. The quantitative estimate of drug-likeness (QED) is 0.522. The number of amides is 1. The molecule has 2 heterocycles. The Kier molecular flexibility index (Phi) is 9.39. The van der Waals surface area contributed by atoms with Gasteiger partial charge in [0.05, 0.1) is 0 Å². The molecule has 0 atom stereocenters. The van der Waals surface area contributed by atoms with Crippen LogP contribution in [0.15, 0.2) is 34.7 Å². The van der Waals surface area contributed by atoms with Crippen molar-refractivity contribution in [1.29, 1.82) is 0 Å². The third-order valence-electron chi connectivity index (χ3n) is 4.22. The average molecular weight is 413 g/mol. The first-order valence-electron chi connectivity index (χ1n) is 8.82. The molecule has 0 saturated carbocycles. The molecular formula is C18H25ClN4OS2. The van der Waals surface area contributed by atoms with Crippen molar-refractivity contribution in [3.63, 3.8) is 0 Å². The van der Waals surface area contributed by atoms with Crippen LogP contribution < -0.4 is 5.32 Å². The zero-order valence-corrected chi connectivity index (χ0v) is 17.2. The van der Waals surface area contributed by atoms with E-state index in [0.717, 1.165) is 23.1 Å². The van der Waals surface area contributed by atoms with E-state index in [9.17, 15) is 4.79 Å². The first-order valence-corrected chi connectivity index (χ1v) is 10.6. The Morgan fingerprint density at radius 1 is 1.15 bits per heavy atom. The topological polar surface area (TPSA) is 58.1 Å². The Labute approximate surface area is 169 Å². The van der Waals surface area contributed by atoms with E-state index >= 15 is 0 Å². The third-order valence-corrected chi connectivity index (χ3v) is 6.17. The lowest BCUT2D eigenvalue weighted by Gasteiger charge is -2.25. The average Bonchev–Trinajstić information content (AvgIpc) is 3.09. The first-order chi connectivity index (χ1) is 12.3. The molecule has 0 aliphatic carbocycles. The highest BCUT2D eigenvalue weighted by atomic mass is 35.5. The number of nitrogens with one attached hydrogen (secondary N) is 1. The van der Waals surface area contributed by atoms with Gasteiger partial charge in [-0.3, -0.25) is 4.79 Å². The number of nitrogens with zero attached hydrogens (tertiary/aromatic N) is 3. The number of aryl methyl sites for hydroxylation is 1. The van der Waals surface area contributed by atoms with Crippen LogP contribution in [0, 0.1) is 0 Å². The highest BCUT2D eigenvalue weighted by Gasteiger charge is 2.12. The first kappa shape index (κ1) is 21.2. The maximum absolute atomic E-state index is 12.0. The summed E-state index contributed by atoms with van der Waals surface area (Å²) in [6.07, 6.45) is 5.21. The fourth-order valence-corrected chi connectivity index (χ4v) is 4.69. The molecule has 0 unspecified atom stereocenters. The second kappa shape index (κ2) is 11.5. The van der Waals surface area contributed by atoms with E-state index < -0.39 is 0 Å². The number of benzene rings is 1. The van der Waals surface area contributed by atoms with Gasteiger partial charge in [0.1, 0.15) is 0 Å². The summed E-state index contributed by atoms with van der Waals surface area (Å²) >= 11 is 3.18. The maximum atomic E-state index is 12.0. The van der Waals surface area contributed by atoms with Crippen LogP contribution in [0.5, 0.6) is 0 Å². The van der Waals surface area contributed by atoms with Gasteiger partial charge < -0.3 is 10.2 Å². The molecule has 26 heavy (non-hydrogen) atoms. The smallest absolute Gasteiger partial charge is 0.226 e. The van der Waals surface area contributed by atoms with Crippen molar-refractivity contribution in [2.45, 2.75) is 36.4 Å². The molecule has 0 bridgehead atoms. The van der Waals surface area contributed by atoms with Gasteiger partial charge in [-0.05, 0) is 37.9 Å². The van der Waals surface area contributed by atoms with E-state index in [1.807, 2.05) is 30.3 Å². The summed E-state index contributed by atoms with van der Waals surface area (Å²) in [5.74, 6) is 1.02. The Balaban J connectivity index is 0.00000243. The molecule has 3 rings (SSSR count). The molecule has 5 nitrogen and oxygen atoms in total. The fourth-order valence-electron chi connectivity index (χ4n) is 2.85. The highest BCUT2D eigenvalue weighted by Crippen LogP contribution is 2.25. The van der Waals surface area contributed by atoms with Crippen LogP contribution in [-0.2, 0) is 11.2 Å². The molecule has 1 aromatic heterocycles. The molecule has 1 aliphatic rings. The van der Waals surface area contributed by atoms with Crippen molar-refractivity contribution in [1.82, 2.24) is 15.1 Å². The van der Waals surface area contributed by atoms with Crippen LogP contribution in [0.2, 0.25) is 0 Å². The SMILES string of the molecule is Cl.O=C(CCc1ccccc1)Nc1nnc(SCCN2CCCCC2)s1. The van der Waals surface area contributed by atoms with Gasteiger partial charge in [0.25, 0.3) is 0 Å². The molecule has 8 heteroatoms. The van der Waals surface area contributed by atoms with Crippen LogP contribution in [0.3, 0.4) is 0 Å². The van der Waals surface area contributed by atoms with Crippen LogP contribution in [0.1, 0.15) is 31.2 Å². The third kappa shape index (κ3) is 7.23. The second-order valence-electron chi connectivity index (χ2n) is 6.16. The van der Waals surface area contributed by atoms with E-state index in [1.165, 1.54) is 49.3 Å². The monoisotopic (exact) mass is 412 g/mol. The van der Waals surface area contributed by atoms with Gasteiger partial charge in [0.2, 0.25) is 11.0 Å². The molecule has 0 spiro atoms. The molecule has 0 radical (unpaired) electrons. The van der Waals surface area contributed by atoms with Crippen molar-refractivity contribution in [3.8, 4) is 0 Å². The minimum absolute atomic E-state index is 0. The summed E-state index contributed by atoms with van der Waals surface area (Å²) < 4.78 is 0.926. The molecule has 142 valence electrons. The number of halogens is 1. The summed E-state index contributed by atoms with van der Waals surface area (Å²) in [6, 6.07) is 10.0. The van der Waals surface area contributed by atoms with Crippen molar-refractivity contribution in [2.24, 2.45) is 0 Å². The Morgan fingerprint density at radius 2 is 1.92 bits per heavy atom. The number of hydrogen-bond acceptors (Lipinski definition) is 6. The predicted molar refractivity (Wildman–Crippen MR) is 112 cm³/mol. The summed E-state index contributed by atoms with van der Waals surface area (Å²) in [4.78, 5) is 14.5. The molecule has 1 N–H and O–H groups in total. The molecule has 1 amide bonds. The minimum atomic E-state index is -0.00938. The number of piperidine rings is 1. The number of likely N-dealkylation sites (tertiary alicyclic amines) is 1. The zero-order valence-electron chi connectivity index (χ0n) is 14.7. The lowest BCUT2D eigenvalue weighted by Crippen LogP contribution is -2.31. The summed E-state index contributed by atoms with van der Waals surface area (Å²) in [5, 5.41) is 11.7. The summed E-state index contributed by atoms with van der Waals surface area (Å²) in [6.45, 7) is 3.54. The second-order valence-corrected chi connectivity index (χ2v) is 8.48. The maximum Gasteiger partial charge on any atom is 0.226 e. The van der Waals surface area contributed by atoms with Gasteiger partial charge in [-0.25, -0.2) is 0 Å². The van der Waals surface area contributed by atoms with Crippen LogP contribution in [0.4, 0.5) is 5.13 Å². The number of rotatable bonds is 8.